The maximum Gasteiger partial charge on any atom is 0.226 e. The Morgan fingerprint density at radius 1 is 1.45 bits per heavy atom. The summed E-state index contributed by atoms with van der Waals surface area (Å²) in [6, 6.07) is 0. The van der Waals surface area contributed by atoms with Gasteiger partial charge in [0.25, 0.3) is 0 Å². The van der Waals surface area contributed by atoms with Crippen molar-refractivity contribution in [2.45, 2.75) is 64.0 Å². The van der Waals surface area contributed by atoms with Crippen molar-refractivity contribution >= 4 is 5.57 Å². The molecule has 1 heterocycles. The van der Waals surface area contributed by atoms with Crippen molar-refractivity contribution in [3.8, 4) is 0 Å². The van der Waals surface area contributed by atoms with Crippen LogP contribution in [0.3, 0.4) is 0 Å². The van der Waals surface area contributed by atoms with Gasteiger partial charge in [-0.3, -0.25) is 0 Å². The Morgan fingerprint density at radius 2 is 2.32 bits per heavy atom. The number of ether oxygens (including phenoxy) is 1. The number of aliphatic hydroxyl groups is 1. The summed E-state index contributed by atoms with van der Waals surface area (Å²) in [5, 5.41) is 9.67. The summed E-state index contributed by atoms with van der Waals surface area (Å²) in [5.41, 5.74) is 1.59. The van der Waals surface area contributed by atoms with Crippen LogP contribution in [0, 0.1) is 6.92 Å². The van der Waals surface area contributed by atoms with E-state index in [0.29, 0.717) is 25.3 Å². The second-order valence-electron chi connectivity index (χ2n) is 6.05. The maximum absolute atomic E-state index is 13.1. The standard InChI is InChI=1S/C17H22FNO3/c1-11-16(10-21-15-4-2-3-14(20)9-15)19-17(22-11)12-5-7-13(18)8-6-12/h5-7,13-15,20H,2-4,8-10H2,1H3. The van der Waals surface area contributed by atoms with Crippen LogP contribution < -0.4 is 0 Å². The van der Waals surface area contributed by atoms with E-state index in [0.717, 1.165) is 36.3 Å². The van der Waals surface area contributed by atoms with Gasteiger partial charge in [-0.05, 0) is 38.7 Å². The molecule has 0 amide bonds. The number of allylic oxidation sites excluding steroid dienone is 4. The largest absolute Gasteiger partial charge is 0.441 e. The third-order valence-electron chi connectivity index (χ3n) is 4.24. The molecular weight excluding hydrogens is 285 g/mol. The van der Waals surface area contributed by atoms with Crippen molar-refractivity contribution in [2.24, 2.45) is 0 Å². The fourth-order valence-electron chi connectivity index (χ4n) is 2.91. The zero-order valence-electron chi connectivity index (χ0n) is 12.8. The van der Waals surface area contributed by atoms with Gasteiger partial charge in [0.1, 0.15) is 17.6 Å². The number of alkyl halides is 1. The number of hydrogen-bond acceptors (Lipinski definition) is 4. The molecular formula is C17H22FNO3. The summed E-state index contributed by atoms with van der Waals surface area (Å²) in [6.07, 6.45) is 7.85. The SMILES string of the molecule is Cc1oc(C2=CCC(F)C=C2)nc1COC1CCCC(O)C1. The average Bonchev–Trinajstić information content (AvgIpc) is 2.87. The molecule has 3 rings (SSSR count). The Hall–Kier alpha value is -1.46. The maximum atomic E-state index is 13.1. The molecule has 0 bridgehead atoms. The highest BCUT2D eigenvalue weighted by molar-refractivity contribution is 5.70. The van der Waals surface area contributed by atoms with Gasteiger partial charge >= 0.3 is 0 Å². The first-order chi connectivity index (χ1) is 10.6. The van der Waals surface area contributed by atoms with Gasteiger partial charge < -0.3 is 14.3 Å². The van der Waals surface area contributed by atoms with Gasteiger partial charge in [0.2, 0.25) is 5.89 Å². The molecule has 0 saturated heterocycles. The second-order valence-corrected chi connectivity index (χ2v) is 6.05. The van der Waals surface area contributed by atoms with Gasteiger partial charge in [0.05, 0.1) is 18.8 Å². The number of hydrogen-bond donors (Lipinski definition) is 1. The van der Waals surface area contributed by atoms with Gasteiger partial charge in [0.15, 0.2) is 0 Å². The fraction of sp³-hybridized carbons (Fsp3) is 0.588. The Bertz CT molecular complexity index is 578. The minimum absolute atomic E-state index is 0.0874. The Labute approximate surface area is 129 Å². The molecule has 0 aromatic carbocycles. The number of halogens is 1. The third-order valence-corrected chi connectivity index (χ3v) is 4.24. The summed E-state index contributed by atoms with van der Waals surface area (Å²) < 4.78 is 24.6. The third kappa shape index (κ3) is 3.65. The lowest BCUT2D eigenvalue weighted by Gasteiger charge is -2.25. The summed E-state index contributed by atoms with van der Waals surface area (Å²) in [4.78, 5) is 4.47. The molecule has 120 valence electrons. The van der Waals surface area contributed by atoms with Gasteiger partial charge in [-0.25, -0.2) is 9.37 Å². The zero-order valence-corrected chi connectivity index (χ0v) is 12.8. The molecule has 1 aromatic rings. The van der Waals surface area contributed by atoms with Crippen molar-refractivity contribution < 1.29 is 18.7 Å². The first-order valence-electron chi connectivity index (χ1n) is 7.90. The number of rotatable bonds is 4. The lowest BCUT2D eigenvalue weighted by molar-refractivity contribution is -0.0240. The van der Waals surface area contributed by atoms with Crippen LogP contribution in [0.5, 0.6) is 0 Å². The highest BCUT2D eigenvalue weighted by Crippen LogP contribution is 2.26. The molecule has 5 heteroatoms. The average molecular weight is 307 g/mol. The van der Waals surface area contributed by atoms with E-state index < -0.39 is 6.17 Å². The number of aryl methyl sites for hydroxylation is 1. The van der Waals surface area contributed by atoms with E-state index in [1.807, 2.05) is 6.92 Å². The van der Waals surface area contributed by atoms with Crippen LogP contribution in [0.2, 0.25) is 0 Å². The van der Waals surface area contributed by atoms with Gasteiger partial charge in [0, 0.05) is 12.0 Å². The molecule has 0 aliphatic heterocycles. The molecule has 3 atom stereocenters. The molecule has 1 N–H and O–H groups in total. The van der Waals surface area contributed by atoms with E-state index in [2.05, 4.69) is 4.98 Å². The first kappa shape index (κ1) is 15.4. The topological polar surface area (TPSA) is 55.5 Å². The number of aromatic nitrogens is 1. The van der Waals surface area contributed by atoms with E-state index >= 15 is 0 Å². The minimum atomic E-state index is -0.916. The van der Waals surface area contributed by atoms with Crippen molar-refractivity contribution in [3.05, 3.63) is 35.6 Å². The molecule has 0 spiro atoms. The van der Waals surface area contributed by atoms with Crippen molar-refractivity contribution in [1.82, 2.24) is 4.98 Å². The molecule has 2 aliphatic rings. The minimum Gasteiger partial charge on any atom is -0.441 e. The lowest BCUT2D eigenvalue weighted by atomic mass is 9.95. The predicted octanol–water partition coefficient (Wildman–Crippen LogP) is 3.48. The Morgan fingerprint density at radius 3 is 3.05 bits per heavy atom. The molecule has 4 nitrogen and oxygen atoms in total. The van der Waals surface area contributed by atoms with Crippen LogP contribution in [0.25, 0.3) is 5.57 Å². The van der Waals surface area contributed by atoms with Crippen LogP contribution in [-0.2, 0) is 11.3 Å². The Balaban J connectivity index is 1.62. The first-order valence-corrected chi connectivity index (χ1v) is 7.90. The smallest absolute Gasteiger partial charge is 0.226 e. The number of oxazole rings is 1. The van der Waals surface area contributed by atoms with E-state index in [9.17, 15) is 9.50 Å². The monoisotopic (exact) mass is 307 g/mol. The molecule has 1 saturated carbocycles. The molecule has 0 radical (unpaired) electrons. The summed E-state index contributed by atoms with van der Waals surface area (Å²) >= 11 is 0. The van der Waals surface area contributed by atoms with Crippen molar-refractivity contribution in [2.75, 3.05) is 0 Å². The van der Waals surface area contributed by atoms with Crippen LogP contribution in [0.4, 0.5) is 4.39 Å². The molecule has 1 aromatic heterocycles. The predicted molar refractivity (Wildman–Crippen MR) is 80.9 cm³/mol. The van der Waals surface area contributed by atoms with E-state index in [4.69, 9.17) is 9.15 Å². The zero-order chi connectivity index (χ0) is 15.5. The normalized spacial score (nSPS) is 28.7. The molecule has 22 heavy (non-hydrogen) atoms. The fourth-order valence-corrected chi connectivity index (χ4v) is 2.91. The van der Waals surface area contributed by atoms with E-state index in [1.165, 1.54) is 6.08 Å². The van der Waals surface area contributed by atoms with Crippen LogP contribution in [0.15, 0.2) is 22.6 Å². The number of nitrogens with zero attached hydrogens (tertiary/aromatic N) is 1. The quantitative estimate of drug-likeness (QED) is 0.925. The van der Waals surface area contributed by atoms with Crippen LogP contribution >= 0.6 is 0 Å². The highest BCUT2D eigenvalue weighted by Gasteiger charge is 2.22. The summed E-state index contributed by atoms with van der Waals surface area (Å²) in [6.45, 7) is 2.24. The Kier molecular flexibility index (Phi) is 4.74. The summed E-state index contributed by atoms with van der Waals surface area (Å²) in [7, 11) is 0. The highest BCUT2D eigenvalue weighted by atomic mass is 19.1. The number of aliphatic hydroxyl groups excluding tert-OH is 1. The molecule has 2 aliphatic carbocycles. The lowest BCUT2D eigenvalue weighted by Crippen LogP contribution is -2.25. The van der Waals surface area contributed by atoms with Gasteiger partial charge in [-0.1, -0.05) is 12.2 Å². The van der Waals surface area contributed by atoms with Crippen LogP contribution in [0.1, 0.15) is 49.4 Å². The van der Waals surface area contributed by atoms with Crippen molar-refractivity contribution in [3.63, 3.8) is 0 Å². The van der Waals surface area contributed by atoms with Gasteiger partial charge in [-0.15, -0.1) is 0 Å². The van der Waals surface area contributed by atoms with Crippen LogP contribution in [-0.4, -0.2) is 28.5 Å². The van der Waals surface area contributed by atoms with Gasteiger partial charge in [-0.2, -0.15) is 0 Å². The van der Waals surface area contributed by atoms with Crippen molar-refractivity contribution in [1.29, 1.82) is 0 Å². The second kappa shape index (κ2) is 6.75. The van der Waals surface area contributed by atoms with E-state index in [1.54, 1.807) is 12.2 Å². The molecule has 1 fully saturated rings. The molecule has 3 unspecified atom stereocenters. The van der Waals surface area contributed by atoms with E-state index in [-0.39, 0.29) is 12.2 Å². The summed E-state index contributed by atoms with van der Waals surface area (Å²) in [5.74, 6) is 1.24.